The van der Waals surface area contributed by atoms with Crippen LogP contribution in [0.15, 0.2) is 58.2 Å². The van der Waals surface area contributed by atoms with Crippen molar-refractivity contribution in [3.8, 4) is 5.75 Å². The number of ether oxygens (including phenoxy) is 1. The van der Waals surface area contributed by atoms with Crippen LogP contribution in [0.5, 0.6) is 5.75 Å². The first-order valence-electron chi connectivity index (χ1n) is 9.02. The number of hydrogen-bond acceptors (Lipinski definition) is 6. The van der Waals surface area contributed by atoms with Gasteiger partial charge < -0.3 is 14.5 Å². The van der Waals surface area contributed by atoms with Gasteiger partial charge in [-0.15, -0.1) is 10.2 Å². The Balaban J connectivity index is 1.49. The van der Waals surface area contributed by atoms with E-state index in [2.05, 4.69) is 15.5 Å². The molecule has 1 atom stereocenters. The first kappa shape index (κ1) is 19.9. The van der Waals surface area contributed by atoms with Crippen molar-refractivity contribution in [3.05, 3.63) is 71.1 Å². The number of rotatable bonds is 8. The van der Waals surface area contributed by atoms with E-state index < -0.39 is 0 Å². The van der Waals surface area contributed by atoms with Gasteiger partial charge in [0.15, 0.2) is 6.61 Å². The molecule has 1 unspecified atom stereocenters. The van der Waals surface area contributed by atoms with Crippen molar-refractivity contribution in [3.63, 3.8) is 0 Å². The standard InChI is InChI=1S/C21H23N3O3S/c1-14-9-10-15(2)18(11-14)26-13-19-23-24-21(27-19)28-16(3)20(25)22-12-17-7-5-4-6-8-17/h4-11,16H,12-13H2,1-3H3,(H,22,25). The van der Waals surface area contributed by atoms with E-state index >= 15 is 0 Å². The van der Waals surface area contributed by atoms with Crippen molar-refractivity contribution in [2.75, 3.05) is 0 Å². The van der Waals surface area contributed by atoms with Crippen molar-refractivity contribution in [2.24, 2.45) is 0 Å². The molecule has 1 aromatic heterocycles. The summed E-state index contributed by atoms with van der Waals surface area (Å²) in [6, 6.07) is 15.8. The van der Waals surface area contributed by atoms with Crippen molar-refractivity contribution in [1.29, 1.82) is 0 Å². The van der Waals surface area contributed by atoms with Gasteiger partial charge in [-0.25, -0.2) is 0 Å². The van der Waals surface area contributed by atoms with Gasteiger partial charge in [0.05, 0.1) is 5.25 Å². The molecular weight excluding hydrogens is 374 g/mol. The minimum Gasteiger partial charge on any atom is -0.484 e. The van der Waals surface area contributed by atoms with Crippen molar-refractivity contribution in [1.82, 2.24) is 15.5 Å². The summed E-state index contributed by atoms with van der Waals surface area (Å²) >= 11 is 1.23. The lowest BCUT2D eigenvalue weighted by atomic mass is 10.1. The van der Waals surface area contributed by atoms with Crippen LogP contribution in [-0.4, -0.2) is 21.4 Å². The Bertz CT molecular complexity index is 928. The van der Waals surface area contributed by atoms with Crippen LogP contribution in [0.3, 0.4) is 0 Å². The average molecular weight is 398 g/mol. The van der Waals surface area contributed by atoms with Crippen LogP contribution in [0.4, 0.5) is 0 Å². The van der Waals surface area contributed by atoms with Crippen LogP contribution in [0.2, 0.25) is 0 Å². The maximum absolute atomic E-state index is 12.3. The number of nitrogens with one attached hydrogen (secondary N) is 1. The molecule has 28 heavy (non-hydrogen) atoms. The maximum Gasteiger partial charge on any atom is 0.277 e. The normalized spacial score (nSPS) is 11.8. The van der Waals surface area contributed by atoms with E-state index in [9.17, 15) is 4.79 Å². The molecule has 1 amide bonds. The number of hydrogen-bond donors (Lipinski definition) is 1. The SMILES string of the molecule is Cc1ccc(C)c(OCc2nnc(SC(C)C(=O)NCc3ccccc3)o2)c1. The summed E-state index contributed by atoms with van der Waals surface area (Å²) in [5.74, 6) is 1.08. The lowest BCUT2D eigenvalue weighted by molar-refractivity contribution is -0.120. The van der Waals surface area contributed by atoms with Gasteiger partial charge in [-0.2, -0.15) is 0 Å². The quantitative estimate of drug-likeness (QED) is 0.578. The topological polar surface area (TPSA) is 77.2 Å². The van der Waals surface area contributed by atoms with E-state index in [-0.39, 0.29) is 17.8 Å². The average Bonchev–Trinajstić information content (AvgIpc) is 3.14. The number of amides is 1. The molecule has 0 radical (unpaired) electrons. The number of aromatic nitrogens is 2. The molecule has 1 heterocycles. The smallest absolute Gasteiger partial charge is 0.277 e. The van der Waals surface area contributed by atoms with Gasteiger partial charge in [-0.3, -0.25) is 4.79 Å². The third-order valence-electron chi connectivity index (χ3n) is 4.10. The molecular formula is C21H23N3O3S. The Hall–Kier alpha value is -2.80. The van der Waals surface area contributed by atoms with Gasteiger partial charge in [0.25, 0.3) is 11.1 Å². The number of carbonyl (C=O) groups excluding carboxylic acids is 1. The molecule has 3 aromatic rings. The van der Waals surface area contributed by atoms with Gasteiger partial charge in [-0.05, 0) is 43.5 Å². The highest BCUT2D eigenvalue weighted by Crippen LogP contribution is 2.24. The van der Waals surface area contributed by atoms with Crippen LogP contribution in [0, 0.1) is 13.8 Å². The fraction of sp³-hybridized carbons (Fsp3) is 0.286. The summed E-state index contributed by atoms with van der Waals surface area (Å²) in [5, 5.41) is 10.9. The van der Waals surface area contributed by atoms with Crippen LogP contribution < -0.4 is 10.1 Å². The lowest BCUT2D eigenvalue weighted by Crippen LogP contribution is -2.30. The van der Waals surface area contributed by atoms with Crippen molar-refractivity contribution >= 4 is 17.7 Å². The summed E-state index contributed by atoms with van der Waals surface area (Å²) in [6.07, 6.45) is 0. The zero-order valence-corrected chi connectivity index (χ0v) is 17.0. The first-order valence-corrected chi connectivity index (χ1v) is 9.90. The Morgan fingerprint density at radius 2 is 1.96 bits per heavy atom. The number of benzene rings is 2. The molecule has 0 bridgehead atoms. The Kier molecular flexibility index (Phi) is 6.71. The Morgan fingerprint density at radius 1 is 1.18 bits per heavy atom. The van der Waals surface area contributed by atoms with Gasteiger partial charge >= 0.3 is 0 Å². The van der Waals surface area contributed by atoms with E-state index in [4.69, 9.17) is 9.15 Å². The van der Waals surface area contributed by atoms with Gasteiger partial charge in [-0.1, -0.05) is 54.2 Å². The summed E-state index contributed by atoms with van der Waals surface area (Å²) in [5.41, 5.74) is 3.22. The zero-order chi connectivity index (χ0) is 19.9. The predicted octanol–water partition coefficient (Wildman–Crippen LogP) is 4.06. The molecule has 3 rings (SSSR count). The van der Waals surface area contributed by atoms with E-state index in [0.717, 1.165) is 22.4 Å². The maximum atomic E-state index is 12.3. The molecule has 0 aliphatic rings. The number of carbonyl (C=O) groups is 1. The third-order valence-corrected chi connectivity index (χ3v) is 5.03. The summed E-state index contributed by atoms with van der Waals surface area (Å²) < 4.78 is 11.4. The minimum atomic E-state index is -0.350. The zero-order valence-electron chi connectivity index (χ0n) is 16.1. The fourth-order valence-electron chi connectivity index (χ4n) is 2.48. The highest BCUT2D eigenvalue weighted by atomic mass is 32.2. The summed E-state index contributed by atoms with van der Waals surface area (Å²) in [4.78, 5) is 12.3. The van der Waals surface area contributed by atoms with E-state index in [1.807, 2.05) is 69.3 Å². The molecule has 0 fully saturated rings. The van der Waals surface area contributed by atoms with Crippen LogP contribution in [0.25, 0.3) is 0 Å². The van der Waals surface area contributed by atoms with Crippen LogP contribution >= 0.6 is 11.8 Å². The second-order valence-electron chi connectivity index (χ2n) is 6.48. The highest BCUT2D eigenvalue weighted by Gasteiger charge is 2.18. The molecule has 0 saturated carbocycles. The van der Waals surface area contributed by atoms with Gasteiger partial charge in [0.2, 0.25) is 5.91 Å². The van der Waals surface area contributed by atoms with Crippen molar-refractivity contribution in [2.45, 2.75) is 44.4 Å². The van der Waals surface area contributed by atoms with E-state index in [1.165, 1.54) is 11.8 Å². The largest absolute Gasteiger partial charge is 0.484 e. The second-order valence-corrected chi connectivity index (χ2v) is 7.77. The van der Waals surface area contributed by atoms with Gasteiger partial charge in [0, 0.05) is 6.54 Å². The van der Waals surface area contributed by atoms with Gasteiger partial charge in [0.1, 0.15) is 5.75 Å². The summed E-state index contributed by atoms with van der Waals surface area (Å²) in [6.45, 7) is 6.48. The first-order chi connectivity index (χ1) is 13.5. The Morgan fingerprint density at radius 3 is 2.75 bits per heavy atom. The molecule has 0 saturated heterocycles. The summed E-state index contributed by atoms with van der Waals surface area (Å²) in [7, 11) is 0. The Labute approximate surface area is 168 Å². The molecule has 146 valence electrons. The second kappa shape index (κ2) is 9.41. The number of thioether (sulfide) groups is 1. The van der Waals surface area contributed by atoms with Crippen molar-refractivity contribution < 1.29 is 13.9 Å². The minimum absolute atomic E-state index is 0.0831. The molecule has 0 spiro atoms. The molecule has 7 heteroatoms. The number of nitrogens with zero attached hydrogens (tertiary/aromatic N) is 2. The fourth-order valence-corrected chi connectivity index (χ4v) is 3.21. The lowest BCUT2D eigenvalue weighted by Gasteiger charge is -2.10. The number of aryl methyl sites for hydroxylation is 2. The van der Waals surface area contributed by atoms with E-state index in [0.29, 0.717) is 17.7 Å². The molecule has 0 aliphatic heterocycles. The van der Waals surface area contributed by atoms with E-state index in [1.54, 1.807) is 0 Å². The monoisotopic (exact) mass is 397 g/mol. The molecule has 1 N–H and O–H groups in total. The van der Waals surface area contributed by atoms with Crippen LogP contribution in [-0.2, 0) is 17.9 Å². The highest BCUT2D eigenvalue weighted by molar-refractivity contribution is 8.00. The predicted molar refractivity (Wildman–Crippen MR) is 108 cm³/mol. The molecule has 2 aromatic carbocycles. The van der Waals surface area contributed by atoms with Crippen LogP contribution in [0.1, 0.15) is 29.5 Å². The molecule has 0 aliphatic carbocycles. The molecule has 6 nitrogen and oxygen atoms in total. The third kappa shape index (κ3) is 5.60.